The van der Waals surface area contributed by atoms with Gasteiger partial charge in [-0.1, -0.05) is 0 Å². The van der Waals surface area contributed by atoms with E-state index in [0.717, 1.165) is 25.8 Å². The maximum Gasteiger partial charge on any atom is 0.253 e. The number of nitrogens with zero attached hydrogens (tertiary/aromatic N) is 3. The van der Waals surface area contributed by atoms with Gasteiger partial charge in [0.1, 0.15) is 0 Å². The molecule has 0 aliphatic carbocycles. The SMILES string of the molecule is C#CCCC1(CCNC(=O)c2ccc(C(=O)N3CCCC(OC)C3)cc2)N=N1. The molecule has 1 aromatic rings. The number of hydrogen-bond donors (Lipinski definition) is 1. The Morgan fingerprint density at radius 3 is 2.64 bits per heavy atom. The maximum atomic E-state index is 12.7. The molecule has 1 atom stereocenters. The number of carbonyl (C=O) groups excluding carboxylic acids is 2. The highest BCUT2D eigenvalue weighted by Crippen LogP contribution is 2.36. The van der Waals surface area contributed by atoms with Gasteiger partial charge in [-0.15, -0.1) is 12.3 Å². The van der Waals surface area contributed by atoms with Gasteiger partial charge >= 0.3 is 0 Å². The number of carbonyl (C=O) groups is 2. The number of nitrogens with one attached hydrogen (secondary N) is 1. The third-order valence-corrected chi connectivity index (χ3v) is 5.26. The predicted octanol–water partition coefficient (Wildman–Crippen LogP) is 2.63. The standard InChI is InChI=1S/C21H26N4O3/c1-3-4-11-21(23-24-21)12-13-22-19(26)16-7-9-17(10-8-16)20(27)25-14-5-6-18(15-25)28-2/h1,7-10,18H,4-6,11-15H2,2H3,(H,22,26). The van der Waals surface area contributed by atoms with Crippen molar-refractivity contribution in [1.82, 2.24) is 10.2 Å². The largest absolute Gasteiger partial charge is 0.380 e. The van der Waals surface area contributed by atoms with Crippen LogP contribution in [0.2, 0.25) is 0 Å². The Morgan fingerprint density at radius 2 is 2.00 bits per heavy atom. The van der Waals surface area contributed by atoms with Crippen molar-refractivity contribution in [1.29, 1.82) is 0 Å². The second kappa shape index (κ2) is 8.98. The summed E-state index contributed by atoms with van der Waals surface area (Å²) in [6.07, 6.45) is 9.27. The number of likely N-dealkylation sites (tertiary alicyclic amines) is 1. The van der Waals surface area contributed by atoms with Crippen LogP contribution in [0.1, 0.15) is 52.8 Å². The Hall–Kier alpha value is -2.72. The fourth-order valence-electron chi connectivity index (χ4n) is 3.41. The van der Waals surface area contributed by atoms with Crippen LogP contribution in [0.5, 0.6) is 0 Å². The molecule has 0 bridgehead atoms. The molecule has 7 heteroatoms. The zero-order valence-electron chi connectivity index (χ0n) is 16.2. The molecule has 0 aromatic heterocycles. The van der Waals surface area contributed by atoms with E-state index in [1.54, 1.807) is 31.4 Å². The molecule has 1 saturated heterocycles. The molecule has 2 aliphatic heterocycles. The third-order valence-electron chi connectivity index (χ3n) is 5.26. The first-order valence-corrected chi connectivity index (χ1v) is 9.65. The van der Waals surface area contributed by atoms with Crippen molar-refractivity contribution in [3.8, 4) is 12.3 Å². The molecule has 3 rings (SSSR count). The van der Waals surface area contributed by atoms with Gasteiger partial charge in [-0.25, -0.2) is 0 Å². The summed E-state index contributed by atoms with van der Waals surface area (Å²) in [5.74, 6) is 2.38. The van der Waals surface area contributed by atoms with Crippen molar-refractivity contribution in [3.63, 3.8) is 0 Å². The molecule has 1 aromatic carbocycles. The number of piperidine rings is 1. The summed E-state index contributed by atoms with van der Waals surface area (Å²) in [5, 5.41) is 11.0. The summed E-state index contributed by atoms with van der Waals surface area (Å²) in [7, 11) is 1.68. The highest BCUT2D eigenvalue weighted by molar-refractivity contribution is 5.97. The summed E-state index contributed by atoms with van der Waals surface area (Å²) in [6, 6.07) is 6.77. The molecule has 1 unspecified atom stereocenters. The summed E-state index contributed by atoms with van der Waals surface area (Å²) >= 11 is 0. The molecular weight excluding hydrogens is 356 g/mol. The Bertz CT molecular complexity index is 776. The number of hydrogen-bond acceptors (Lipinski definition) is 5. The highest BCUT2D eigenvalue weighted by Gasteiger charge is 2.38. The first kappa shape index (κ1) is 20.0. The summed E-state index contributed by atoms with van der Waals surface area (Å²) in [4.78, 5) is 26.8. The van der Waals surface area contributed by atoms with Crippen LogP contribution < -0.4 is 5.32 Å². The molecule has 148 valence electrons. The monoisotopic (exact) mass is 382 g/mol. The van der Waals surface area contributed by atoms with Crippen LogP contribution in [-0.4, -0.2) is 55.2 Å². The Balaban J connectivity index is 1.49. The quantitative estimate of drug-likeness (QED) is 0.702. The number of terminal acetylenes is 1. The Labute approximate surface area is 165 Å². The second-order valence-electron chi connectivity index (χ2n) is 7.22. The van der Waals surface area contributed by atoms with Crippen molar-refractivity contribution in [2.24, 2.45) is 10.2 Å². The van der Waals surface area contributed by atoms with Gasteiger partial charge in [0.05, 0.1) is 6.10 Å². The molecule has 2 heterocycles. The number of amides is 2. The van der Waals surface area contributed by atoms with Crippen molar-refractivity contribution < 1.29 is 14.3 Å². The molecule has 0 spiro atoms. The minimum Gasteiger partial charge on any atom is -0.380 e. The van der Waals surface area contributed by atoms with Crippen molar-refractivity contribution in [2.45, 2.75) is 43.9 Å². The Kier molecular flexibility index (Phi) is 6.42. The number of ether oxygens (including phenoxy) is 1. The van der Waals surface area contributed by atoms with Crippen LogP contribution in [0.15, 0.2) is 34.5 Å². The average Bonchev–Trinajstić information content (AvgIpc) is 3.51. The van der Waals surface area contributed by atoms with Crippen LogP contribution in [0.25, 0.3) is 0 Å². The topological polar surface area (TPSA) is 83.4 Å². The lowest BCUT2D eigenvalue weighted by atomic mass is 10.0. The molecule has 7 nitrogen and oxygen atoms in total. The molecule has 1 N–H and O–H groups in total. The van der Waals surface area contributed by atoms with Gasteiger partial charge in [0.15, 0.2) is 5.66 Å². The van der Waals surface area contributed by atoms with Gasteiger partial charge in [0.2, 0.25) is 0 Å². The summed E-state index contributed by atoms with van der Waals surface area (Å²) < 4.78 is 5.38. The fraction of sp³-hybridized carbons (Fsp3) is 0.524. The van der Waals surface area contributed by atoms with E-state index in [0.29, 0.717) is 37.1 Å². The molecule has 2 aliphatic rings. The van der Waals surface area contributed by atoms with Crippen molar-refractivity contribution >= 4 is 11.8 Å². The van der Waals surface area contributed by atoms with Crippen LogP contribution >= 0.6 is 0 Å². The second-order valence-corrected chi connectivity index (χ2v) is 7.22. The molecule has 2 amide bonds. The number of rotatable bonds is 8. The summed E-state index contributed by atoms with van der Waals surface area (Å²) in [6.45, 7) is 1.82. The molecular formula is C21H26N4O3. The fourth-order valence-corrected chi connectivity index (χ4v) is 3.41. The van der Waals surface area contributed by atoms with Crippen molar-refractivity contribution in [3.05, 3.63) is 35.4 Å². The van der Waals surface area contributed by atoms with Gasteiger partial charge in [-0.3, -0.25) is 9.59 Å². The van der Waals surface area contributed by atoms with Crippen LogP contribution in [0.3, 0.4) is 0 Å². The number of methoxy groups -OCH3 is 1. The lowest BCUT2D eigenvalue weighted by molar-refractivity contribution is 0.0269. The molecule has 28 heavy (non-hydrogen) atoms. The van der Waals surface area contributed by atoms with Gasteiger partial charge in [0, 0.05) is 57.1 Å². The predicted molar refractivity (Wildman–Crippen MR) is 105 cm³/mol. The van der Waals surface area contributed by atoms with E-state index in [4.69, 9.17) is 11.2 Å². The normalized spacial score (nSPS) is 19.7. The van der Waals surface area contributed by atoms with Crippen LogP contribution in [-0.2, 0) is 4.74 Å². The van der Waals surface area contributed by atoms with Gasteiger partial charge in [0.25, 0.3) is 11.8 Å². The van der Waals surface area contributed by atoms with E-state index in [-0.39, 0.29) is 17.9 Å². The lowest BCUT2D eigenvalue weighted by Crippen LogP contribution is -2.42. The van der Waals surface area contributed by atoms with Gasteiger partial charge < -0.3 is 15.0 Å². The zero-order chi connectivity index (χ0) is 20.0. The Morgan fingerprint density at radius 1 is 1.29 bits per heavy atom. The van der Waals surface area contributed by atoms with Crippen molar-refractivity contribution in [2.75, 3.05) is 26.7 Å². The van der Waals surface area contributed by atoms with E-state index < -0.39 is 5.66 Å². The van der Waals surface area contributed by atoms with E-state index in [9.17, 15) is 9.59 Å². The highest BCUT2D eigenvalue weighted by atomic mass is 16.5. The average molecular weight is 382 g/mol. The smallest absolute Gasteiger partial charge is 0.253 e. The minimum atomic E-state index is -0.398. The van der Waals surface area contributed by atoms with E-state index in [2.05, 4.69) is 21.5 Å². The van der Waals surface area contributed by atoms with E-state index in [1.807, 2.05) is 4.90 Å². The molecule has 0 saturated carbocycles. The van der Waals surface area contributed by atoms with E-state index in [1.165, 1.54) is 0 Å². The van der Waals surface area contributed by atoms with Gasteiger partial charge in [-0.05, 0) is 37.1 Å². The van der Waals surface area contributed by atoms with E-state index >= 15 is 0 Å². The minimum absolute atomic E-state index is 0.0267. The molecule has 0 radical (unpaired) electrons. The van der Waals surface area contributed by atoms with Crippen LogP contribution in [0, 0.1) is 12.3 Å². The first-order valence-electron chi connectivity index (χ1n) is 9.65. The lowest BCUT2D eigenvalue weighted by Gasteiger charge is -2.32. The first-order chi connectivity index (χ1) is 13.6. The third kappa shape index (κ3) is 4.96. The maximum absolute atomic E-state index is 12.7. The van der Waals surface area contributed by atoms with Gasteiger partial charge in [-0.2, -0.15) is 10.2 Å². The zero-order valence-corrected chi connectivity index (χ0v) is 16.2. The summed E-state index contributed by atoms with van der Waals surface area (Å²) in [5.41, 5.74) is 0.703. The van der Waals surface area contributed by atoms with Crippen LogP contribution in [0.4, 0.5) is 0 Å². The molecule has 1 fully saturated rings. The number of benzene rings is 1.